The van der Waals surface area contributed by atoms with E-state index in [1.165, 1.54) is 23.2 Å². The van der Waals surface area contributed by atoms with Crippen molar-refractivity contribution in [2.45, 2.75) is 39.3 Å². The van der Waals surface area contributed by atoms with Gasteiger partial charge in [0.25, 0.3) is 12.3 Å². The van der Waals surface area contributed by atoms with Gasteiger partial charge in [0.05, 0.1) is 0 Å². The van der Waals surface area contributed by atoms with E-state index in [2.05, 4.69) is 25.0 Å². The van der Waals surface area contributed by atoms with Crippen LogP contribution in [0.15, 0.2) is 35.0 Å². The number of aromatic nitrogens is 4. The Kier molecular flexibility index (Phi) is 6.76. The molecule has 1 aliphatic rings. The molecule has 0 bridgehead atoms. The minimum absolute atomic E-state index is 0.00892. The highest BCUT2D eigenvalue weighted by Gasteiger charge is 2.19. The van der Waals surface area contributed by atoms with Gasteiger partial charge in [0.15, 0.2) is 18.1 Å². The van der Waals surface area contributed by atoms with Gasteiger partial charge in [0.2, 0.25) is 0 Å². The van der Waals surface area contributed by atoms with Crippen molar-refractivity contribution in [1.29, 1.82) is 0 Å². The zero-order valence-electron chi connectivity index (χ0n) is 18.4. The Balaban J connectivity index is 1.37. The van der Waals surface area contributed by atoms with Crippen LogP contribution in [0.3, 0.4) is 0 Å². The van der Waals surface area contributed by atoms with Crippen molar-refractivity contribution >= 4 is 11.7 Å². The van der Waals surface area contributed by atoms with Crippen LogP contribution in [0.5, 0.6) is 6.01 Å². The highest BCUT2D eigenvalue weighted by Crippen LogP contribution is 2.21. The molecule has 1 amide bonds. The lowest BCUT2D eigenvalue weighted by atomic mass is 10.2. The fourth-order valence-corrected chi connectivity index (χ4v) is 3.57. The van der Waals surface area contributed by atoms with Crippen molar-refractivity contribution < 1.29 is 22.8 Å². The summed E-state index contributed by atoms with van der Waals surface area (Å²) in [5.74, 6) is 0.753. The van der Waals surface area contributed by atoms with Crippen LogP contribution in [0.1, 0.15) is 52.5 Å². The Morgan fingerprint density at radius 1 is 1.24 bits per heavy atom. The first-order chi connectivity index (χ1) is 15.9. The molecule has 174 valence electrons. The van der Waals surface area contributed by atoms with E-state index in [9.17, 15) is 13.6 Å². The lowest BCUT2D eigenvalue weighted by molar-refractivity contribution is 0.0774. The Morgan fingerprint density at radius 3 is 2.79 bits per heavy atom. The van der Waals surface area contributed by atoms with Crippen LogP contribution in [-0.2, 0) is 13.2 Å². The van der Waals surface area contributed by atoms with Crippen molar-refractivity contribution in [1.82, 2.24) is 25.0 Å². The molecule has 0 atom stereocenters. The fraction of sp³-hybridized carbons (Fsp3) is 0.409. The van der Waals surface area contributed by atoms with Crippen molar-refractivity contribution in [3.63, 3.8) is 0 Å². The number of hydrogen-bond acceptors (Lipinski definition) is 8. The SMILES string of the molecule is Cc1cc(N2CCCC2)nc(OCc2cc(C(=O)N(C)Cc3ccnc(C(F)F)c3)no2)n1. The number of hydrogen-bond donors (Lipinski definition) is 0. The van der Waals surface area contributed by atoms with E-state index in [0.717, 1.165) is 37.4 Å². The van der Waals surface area contributed by atoms with Crippen LogP contribution in [0.25, 0.3) is 0 Å². The maximum Gasteiger partial charge on any atom is 0.319 e. The molecule has 1 aliphatic heterocycles. The molecule has 0 unspecified atom stereocenters. The van der Waals surface area contributed by atoms with Gasteiger partial charge in [-0.25, -0.2) is 13.8 Å². The summed E-state index contributed by atoms with van der Waals surface area (Å²) in [4.78, 5) is 28.6. The number of carbonyl (C=O) groups excluding carboxylic acids is 1. The second-order valence-corrected chi connectivity index (χ2v) is 7.86. The second kappa shape index (κ2) is 9.88. The number of rotatable bonds is 8. The first kappa shape index (κ1) is 22.6. The van der Waals surface area contributed by atoms with Crippen LogP contribution in [0, 0.1) is 6.92 Å². The molecule has 0 saturated carbocycles. The summed E-state index contributed by atoms with van der Waals surface area (Å²) >= 11 is 0. The van der Waals surface area contributed by atoms with Crippen molar-refractivity contribution in [2.24, 2.45) is 0 Å². The third kappa shape index (κ3) is 5.60. The van der Waals surface area contributed by atoms with Crippen LogP contribution in [0.4, 0.5) is 14.6 Å². The summed E-state index contributed by atoms with van der Waals surface area (Å²) in [7, 11) is 1.55. The monoisotopic (exact) mass is 458 g/mol. The molecule has 1 fully saturated rings. The van der Waals surface area contributed by atoms with E-state index in [1.807, 2.05) is 13.0 Å². The molecule has 3 aromatic rings. The van der Waals surface area contributed by atoms with Crippen LogP contribution in [0.2, 0.25) is 0 Å². The highest BCUT2D eigenvalue weighted by atomic mass is 19.3. The van der Waals surface area contributed by atoms with E-state index in [1.54, 1.807) is 13.1 Å². The molecule has 1 saturated heterocycles. The highest BCUT2D eigenvalue weighted by molar-refractivity contribution is 5.92. The average molecular weight is 458 g/mol. The molecule has 0 N–H and O–H groups in total. The molecule has 3 aromatic heterocycles. The summed E-state index contributed by atoms with van der Waals surface area (Å²) in [6, 6.07) is 6.48. The zero-order chi connectivity index (χ0) is 23.4. The summed E-state index contributed by atoms with van der Waals surface area (Å²) in [5.41, 5.74) is 1.08. The number of ether oxygens (including phenoxy) is 1. The molecular weight excluding hydrogens is 434 g/mol. The van der Waals surface area contributed by atoms with E-state index in [0.29, 0.717) is 11.3 Å². The van der Waals surface area contributed by atoms with Gasteiger partial charge in [-0.1, -0.05) is 5.16 Å². The van der Waals surface area contributed by atoms with Gasteiger partial charge in [-0.3, -0.25) is 9.78 Å². The summed E-state index contributed by atoms with van der Waals surface area (Å²) in [6.45, 7) is 3.92. The van der Waals surface area contributed by atoms with Gasteiger partial charge in [-0.15, -0.1) is 0 Å². The summed E-state index contributed by atoms with van der Waals surface area (Å²) < 4.78 is 36.6. The van der Waals surface area contributed by atoms with Gasteiger partial charge >= 0.3 is 6.01 Å². The van der Waals surface area contributed by atoms with E-state index in [-0.39, 0.29) is 30.5 Å². The van der Waals surface area contributed by atoms with Crippen LogP contribution >= 0.6 is 0 Å². The van der Waals surface area contributed by atoms with Gasteiger partial charge in [0, 0.05) is 50.7 Å². The number of anilines is 1. The first-order valence-electron chi connectivity index (χ1n) is 10.6. The standard InChI is InChI=1S/C22H24F2N6O3/c1-14-9-19(30-7-3-4-8-30)27-22(26-14)32-13-16-11-18(28-33-16)21(31)29(2)12-15-5-6-25-17(10-15)20(23)24/h5-6,9-11,20H,3-4,7-8,12-13H2,1-2H3. The summed E-state index contributed by atoms with van der Waals surface area (Å²) in [5, 5.41) is 3.81. The molecule has 0 aliphatic carbocycles. The Morgan fingerprint density at radius 2 is 2.03 bits per heavy atom. The third-order valence-electron chi connectivity index (χ3n) is 5.21. The number of carbonyl (C=O) groups is 1. The lowest BCUT2D eigenvalue weighted by Crippen LogP contribution is -2.26. The number of alkyl halides is 2. The molecule has 0 spiro atoms. The minimum Gasteiger partial charge on any atom is -0.455 e. The normalized spacial score (nSPS) is 13.5. The second-order valence-electron chi connectivity index (χ2n) is 7.86. The number of nitrogens with zero attached hydrogens (tertiary/aromatic N) is 6. The van der Waals surface area contributed by atoms with Crippen molar-refractivity contribution in [3.8, 4) is 6.01 Å². The van der Waals surface area contributed by atoms with Gasteiger partial charge in [-0.2, -0.15) is 4.98 Å². The van der Waals surface area contributed by atoms with Gasteiger partial charge in [0.1, 0.15) is 11.5 Å². The van der Waals surface area contributed by atoms with Gasteiger partial charge < -0.3 is 19.1 Å². The smallest absolute Gasteiger partial charge is 0.319 e. The molecule has 4 rings (SSSR count). The molecule has 0 radical (unpaired) electrons. The van der Waals surface area contributed by atoms with E-state index < -0.39 is 12.3 Å². The minimum atomic E-state index is -2.67. The quantitative estimate of drug-likeness (QED) is 0.506. The third-order valence-corrected chi connectivity index (χ3v) is 5.21. The first-order valence-corrected chi connectivity index (χ1v) is 10.6. The van der Waals surface area contributed by atoms with E-state index >= 15 is 0 Å². The van der Waals surface area contributed by atoms with Crippen LogP contribution in [-0.4, -0.2) is 51.1 Å². The van der Waals surface area contributed by atoms with Crippen LogP contribution < -0.4 is 9.64 Å². The predicted octanol–water partition coefficient (Wildman–Crippen LogP) is 3.56. The fourth-order valence-electron chi connectivity index (χ4n) is 3.57. The number of aryl methyl sites for hydroxylation is 1. The lowest BCUT2D eigenvalue weighted by Gasteiger charge is -2.17. The molecule has 0 aromatic carbocycles. The maximum atomic E-state index is 12.8. The number of amides is 1. The average Bonchev–Trinajstić information content (AvgIpc) is 3.49. The predicted molar refractivity (Wildman–Crippen MR) is 114 cm³/mol. The molecule has 11 heteroatoms. The Bertz CT molecular complexity index is 1120. The topological polar surface area (TPSA) is 97.5 Å². The largest absolute Gasteiger partial charge is 0.455 e. The van der Waals surface area contributed by atoms with Crippen molar-refractivity contribution in [3.05, 3.63) is 58.9 Å². The molecule has 9 nitrogen and oxygen atoms in total. The zero-order valence-corrected chi connectivity index (χ0v) is 18.4. The molecule has 4 heterocycles. The molecular formula is C22H24F2N6O3. The Labute approximate surface area is 189 Å². The Hall–Kier alpha value is -3.63. The summed E-state index contributed by atoms with van der Waals surface area (Å²) in [6.07, 6.45) is 0.894. The van der Waals surface area contributed by atoms with Crippen molar-refractivity contribution in [2.75, 3.05) is 25.0 Å². The van der Waals surface area contributed by atoms with Gasteiger partial charge in [-0.05, 0) is 37.5 Å². The number of halogens is 2. The molecule has 33 heavy (non-hydrogen) atoms. The van der Waals surface area contributed by atoms with E-state index in [4.69, 9.17) is 9.26 Å². The number of pyridine rings is 1. The maximum absolute atomic E-state index is 12.8.